The summed E-state index contributed by atoms with van der Waals surface area (Å²) in [4.78, 5) is 12.7. The van der Waals surface area contributed by atoms with E-state index in [4.69, 9.17) is 27.9 Å². The van der Waals surface area contributed by atoms with Crippen LogP contribution in [0.5, 0.6) is 5.75 Å². The van der Waals surface area contributed by atoms with E-state index in [1.54, 1.807) is 12.1 Å². The average molecular weight is 329 g/mol. The summed E-state index contributed by atoms with van der Waals surface area (Å²) >= 11 is 12.5. The van der Waals surface area contributed by atoms with Crippen LogP contribution in [0.2, 0.25) is 10.0 Å². The molecule has 0 unspecified atom stereocenters. The number of hydrogen-bond acceptors (Lipinski definition) is 2. The van der Waals surface area contributed by atoms with E-state index >= 15 is 0 Å². The predicted octanol–water partition coefficient (Wildman–Crippen LogP) is 5.94. The zero-order chi connectivity index (χ0) is 15.2. The molecule has 1 aromatic rings. The number of carbonyl (C=O) groups is 1. The lowest BCUT2D eigenvalue weighted by Crippen LogP contribution is -2.17. The smallest absolute Gasteiger partial charge is 0.167 e. The van der Waals surface area contributed by atoms with E-state index in [1.165, 1.54) is 19.3 Å². The molecule has 0 amide bonds. The second-order valence-electron chi connectivity index (χ2n) is 5.60. The molecular formula is C17H22Cl2O2. The van der Waals surface area contributed by atoms with Gasteiger partial charge in [0, 0.05) is 17.5 Å². The SMILES string of the molecule is CCOc1cc(Cl)c(C(=O)C2CCCCCCC2)cc1Cl. The Bertz CT molecular complexity index is 492. The van der Waals surface area contributed by atoms with Crippen LogP contribution in [0.4, 0.5) is 0 Å². The van der Waals surface area contributed by atoms with Crippen LogP contribution in [0.1, 0.15) is 62.2 Å². The minimum Gasteiger partial charge on any atom is -0.492 e. The Hall–Kier alpha value is -0.730. The van der Waals surface area contributed by atoms with E-state index in [0.717, 1.165) is 25.7 Å². The van der Waals surface area contributed by atoms with Gasteiger partial charge in [0.15, 0.2) is 5.78 Å². The van der Waals surface area contributed by atoms with Gasteiger partial charge >= 0.3 is 0 Å². The summed E-state index contributed by atoms with van der Waals surface area (Å²) < 4.78 is 5.41. The molecule has 1 fully saturated rings. The first-order valence-corrected chi connectivity index (χ1v) is 8.55. The van der Waals surface area contributed by atoms with Gasteiger partial charge in [-0.3, -0.25) is 4.79 Å². The van der Waals surface area contributed by atoms with Crippen molar-refractivity contribution >= 4 is 29.0 Å². The number of rotatable bonds is 4. The molecule has 4 heteroatoms. The first kappa shape index (κ1) is 16.6. The van der Waals surface area contributed by atoms with E-state index in [1.807, 2.05) is 6.92 Å². The molecule has 0 atom stereocenters. The van der Waals surface area contributed by atoms with Crippen molar-refractivity contribution in [2.24, 2.45) is 5.92 Å². The van der Waals surface area contributed by atoms with Crippen molar-refractivity contribution in [3.8, 4) is 5.75 Å². The Morgan fingerprint density at radius 2 is 1.71 bits per heavy atom. The molecule has 0 aliphatic heterocycles. The lowest BCUT2D eigenvalue weighted by molar-refractivity contribution is 0.0898. The van der Waals surface area contributed by atoms with Crippen molar-refractivity contribution < 1.29 is 9.53 Å². The molecule has 21 heavy (non-hydrogen) atoms. The lowest BCUT2D eigenvalue weighted by atomic mass is 9.85. The molecule has 1 aromatic carbocycles. The molecule has 0 aromatic heterocycles. The third-order valence-corrected chi connectivity index (χ3v) is 4.67. The lowest BCUT2D eigenvalue weighted by Gasteiger charge is -2.19. The maximum atomic E-state index is 12.7. The van der Waals surface area contributed by atoms with Crippen molar-refractivity contribution in [2.45, 2.75) is 51.9 Å². The van der Waals surface area contributed by atoms with E-state index < -0.39 is 0 Å². The highest BCUT2D eigenvalue weighted by Gasteiger charge is 2.23. The molecule has 0 heterocycles. The van der Waals surface area contributed by atoms with Gasteiger partial charge in [-0.05, 0) is 25.8 Å². The molecule has 1 aliphatic carbocycles. The van der Waals surface area contributed by atoms with Gasteiger partial charge in [-0.1, -0.05) is 55.3 Å². The van der Waals surface area contributed by atoms with E-state index in [-0.39, 0.29) is 11.7 Å². The summed E-state index contributed by atoms with van der Waals surface area (Å²) in [7, 11) is 0. The number of ether oxygens (including phenoxy) is 1. The van der Waals surface area contributed by atoms with Crippen molar-refractivity contribution in [3.63, 3.8) is 0 Å². The first-order valence-electron chi connectivity index (χ1n) is 7.79. The van der Waals surface area contributed by atoms with Gasteiger partial charge < -0.3 is 4.74 Å². The first-order chi connectivity index (χ1) is 10.1. The Morgan fingerprint density at radius 3 is 2.33 bits per heavy atom. The molecule has 0 N–H and O–H groups in total. The molecule has 1 aliphatic rings. The van der Waals surface area contributed by atoms with Crippen LogP contribution in [0.15, 0.2) is 12.1 Å². The second kappa shape index (κ2) is 8.05. The second-order valence-corrected chi connectivity index (χ2v) is 6.42. The summed E-state index contributed by atoms with van der Waals surface area (Å²) in [5.74, 6) is 0.752. The number of halogens is 2. The van der Waals surface area contributed by atoms with Gasteiger partial charge in [0.05, 0.1) is 16.7 Å². The molecule has 116 valence electrons. The fourth-order valence-corrected chi connectivity index (χ4v) is 3.39. The normalized spacial score (nSPS) is 17.1. The minimum absolute atomic E-state index is 0.0804. The maximum Gasteiger partial charge on any atom is 0.167 e. The van der Waals surface area contributed by atoms with Crippen molar-refractivity contribution in [1.29, 1.82) is 0 Å². The van der Waals surface area contributed by atoms with Crippen LogP contribution in [0.25, 0.3) is 0 Å². The van der Waals surface area contributed by atoms with Crippen LogP contribution in [-0.4, -0.2) is 12.4 Å². The van der Waals surface area contributed by atoms with E-state index in [2.05, 4.69) is 0 Å². The van der Waals surface area contributed by atoms with Crippen LogP contribution in [0.3, 0.4) is 0 Å². The van der Waals surface area contributed by atoms with Crippen LogP contribution < -0.4 is 4.74 Å². The standard InChI is InChI=1S/C17H22Cl2O2/c1-2-21-16-11-14(18)13(10-15(16)19)17(20)12-8-6-4-3-5-7-9-12/h10-12H,2-9H2,1H3. The Balaban J connectivity index is 2.19. The summed E-state index contributed by atoms with van der Waals surface area (Å²) in [6.45, 7) is 2.41. The summed E-state index contributed by atoms with van der Waals surface area (Å²) in [6.07, 6.45) is 7.90. The zero-order valence-electron chi connectivity index (χ0n) is 12.5. The van der Waals surface area contributed by atoms with Crippen LogP contribution in [0, 0.1) is 5.92 Å². The number of Topliss-reactive ketones (excluding diaryl/α,β-unsaturated/α-hetero) is 1. The van der Waals surface area contributed by atoms with Gasteiger partial charge in [0.2, 0.25) is 0 Å². The van der Waals surface area contributed by atoms with Gasteiger partial charge in [-0.2, -0.15) is 0 Å². The number of hydrogen-bond donors (Lipinski definition) is 0. The molecule has 2 rings (SSSR count). The van der Waals surface area contributed by atoms with E-state index in [9.17, 15) is 4.79 Å². The van der Waals surface area contributed by atoms with Crippen LogP contribution >= 0.6 is 23.2 Å². The molecule has 2 nitrogen and oxygen atoms in total. The zero-order valence-corrected chi connectivity index (χ0v) is 14.0. The Labute approximate surface area is 136 Å². The summed E-state index contributed by atoms with van der Waals surface area (Å²) in [6, 6.07) is 3.32. The molecule has 0 saturated heterocycles. The van der Waals surface area contributed by atoms with Gasteiger partial charge in [-0.15, -0.1) is 0 Å². The minimum atomic E-state index is 0.0804. The highest BCUT2D eigenvalue weighted by molar-refractivity contribution is 6.36. The quantitative estimate of drug-likeness (QED) is 0.639. The monoisotopic (exact) mass is 328 g/mol. The van der Waals surface area contributed by atoms with Gasteiger partial charge in [0.25, 0.3) is 0 Å². The third-order valence-electron chi connectivity index (χ3n) is 4.06. The molecule has 0 bridgehead atoms. The van der Waals surface area contributed by atoms with Gasteiger partial charge in [-0.25, -0.2) is 0 Å². The number of benzene rings is 1. The van der Waals surface area contributed by atoms with Crippen molar-refractivity contribution in [3.05, 3.63) is 27.7 Å². The average Bonchev–Trinajstić information content (AvgIpc) is 2.42. The predicted molar refractivity (Wildman–Crippen MR) is 87.8 cm³/mol. The largest absolute Gasteiger partial charge is 0.492 e. The van der Waals surface area contributed by atoms with Crippen molar-refractivity contribution in [2.75, 3.05) is 6.61 Å². The summed E-state index contributed by atoms with van der Waals surface area (Å²) in [5, 5.41) is 0.894. The van der Waals surface area contributed by atoms with Crippen molar-refractivity contribution in [1.82, 2.24) is 0 Å². The molecule has 0 spiro atoms. The van der Waals surface area contributed by atoms with Gasteiger partial charge in [0.1, 0.15) is 5.75 Å². The molecule has 0 radical (unpaired) electrons. The maximum absolute atomic E-state index is 12.7. The summed E-state index contributed by atoms with van der Waals surface area (Å²) in [5.41, 5.74) is 0.538. The fraction of sp³-hybridized carbons (Fsp3) is 0.588. The molecule has 1 saturated carbocycles. The Kier molecular flexibility index (Phi) is 6.38. The third kappa shape index (κ3) is 4.37. The fourth-order valence-electron chi connectivity index (χ4n) is 2.92. The number of carbonyl (C=O) groups excluding carboxylic acids is 1. The highest BCUT2D eigenvalue weighted by Crippen LogP contribution is 2.34. The Morgan fingerprint density at radius 1 is 1.10 bits per heavy atom. The molecular weight excluding hydrogens is 307 g/mol. The van der Waals surface area contributed by atoms with Crippen LogP contribution in [-0.2, 0) is 0 Å². The number of ketones is 1. The highest BCUT2D eigenvalue weighted by atomic mass is 35.5. The van der Waals surface area contributed by atoms with E-state index in [0.29, 0.717) is 28.0 Å². The topological polar surface area (TPSA) is 26.3 Å².